The molecule has 2 saturated carbocycles. The lowest BCUT2D eigenvalue weighted by Gasteiger charge is -2.40. The van der Waals surface area contributed by atoms with E-state index < -0.39 is 5.67 Å². The first-order valence-electron chi connectivity index (χ1n) is 11.4. The Morgan fingerprint density at radius 3 is 2.41 bits per heavy atom. The molecule has 2 fully saturated rings. The largest absolute Gasteiger partial charge is 0.352 e. The minimum absolute atomic E-state index is 0.0214. The summed E-state index contributed by atoms with van der Waals surface area (Å²) in [5, 5.41) is 2.91. The monoisotopic (exact) mass is 401 g/mol. The molecule has 1 amide bonds. The molecule has 160 valence electrons. The summed E-state index contributed by atoms with van der Waals surface area (Å²) in [7, 11) is 0. The number of amides is 1. The van der Waals surface area contributed by atoms with Crippen molar-refractivity contribution in [1.82, 2.24) is 5.32 Å². The molecule has 2 aliphatic rings. The van der Waals surface area contributed by atoms with Crippen LogP contribution in [-0.2, 0) is 21.8 Å². The zero-order valence-corrected chi connectivity index (χ0v) is 18.0. The average Bonchev–Trinajstić information content (AvgIpc) is 2.71. The zero-order chi connectivity index (χ0) is 20.9. The lowest BCUT2D eigenvalue weighted by molar-refractivity contribution is -0.127. The second kappa shape index (κ2) is 9.86. The number of hydrogen-bond donors (Lipinski definition) is 1. The number of benzene rings is 1. The van der Waals surface area contributed by atoms with E-state index in [0.29, 0.717) is 43.1 Å². The van der Waals surface area contributed by atoms with Gasteiger partial charge in [0.05, 0.1) is 0 Å². The summed E-state index contributed by atoms with van der Waals surface area (Å²) in [5.41, 5.74) is 0.228. The van der Waals surface area contributed by atoms with E-state index in [1.54, 1.807) is 12.1 Å². The van der Waals surface area contributed by atoms with Gasteiger partial charge in [-0.1, -0.05) is 56.4 Å². The molecule has 0 radical (unpaired) electrons. The Hall–Kier alpha value is -1.71. The van der Waals surface area contributed by atoms with Crippen molar-refractivity contribution >= 4 is 11.7 Å². The van der Waals surface area contributed by atoms with E-state index in [4.69, 9.17) is 0 Å². The van der Waals surface area contributed by atoms with Gasteiger partial charge in [-0.05, 0) is 56.1 Å². The van der Waals surface area contributed by atoms with E-state index in [9.17, 15) is 14.0 Å². The zero-order valence-electron chi connectivity index (χ0n) is 18.0. The average molecular weight is 402 g/mol. The smallest absolute Gasteiger partial charge is 0.220 e. The number of rotatable bonds is 8. The molecule has 0 aromatic heterocycles. The van der Waals surface area contributed by atoms with E-state index in [0.717, 1.165) is 17.9 Å². The van der Waals surface area contributed by atoms with Crippen LogP contribution in [-0.4, -0.2) is 11.7 Å². The molecule has 29 heavy (non-hydrogen) atoms. The van der Waals surface area contributed by atoms with Crippen molar-refractivity contribution in [3.8, 4) is 0 Å². The van der Waals surface area contributed by atoms with Crippen LogP contribution < -0.4 is 5.32 Å². The molecule has 0 bridgehead atoms. The fourth-order valence-corrected chi connectivity index (χ4v) is 5.25. The second-order valence-electron chi connectivity index (χ2n) is 9.51. The molecular formula is C25H36FNO2. The number of alkyl halides is 1. The molecule has 3 atom stereocenters. The Morgan fingerprint density at radius 1 is 1.00 bits per heavy atom. The molecular weight excluding hydrogens is 365 g/mol. The van der Waals surface area contributed by atoms with Crippen LogP contribution in [0.15, 0.2) is 24.3 Å². The summed E-state index contributed by atoms with van der Waals surface area (Å²) in [6, 6.07) is 7.24. The third-order valence-electron chi connectivity index (χ3n) is 6.95. The molecule has 4 heteroatoms. The highest BCUT2D eigenvalue weighted by molar-refractivity contribution is 5.82. The third-order valence-corrected chi connectivity index (χ3v) is 6.95. The highest BCUT2D eigenvalue weighted by atomic mass is 19.1. The van der Waals surface area contributed by atoms with E-state index in [1.807, 2.05) is 12.1 Å². The maximum atomic E-state index is 13.9. The Labute approximate surface area is 174 Å². The van der Waals surface area contributed by atoms with E-state index in [2.05, 4.69) is 5.32 Å². The number of Topliss-reactive ketones (excluding diaryl/α,β-unsaturated/α-hetero) is 1. The fraction of sp³-hybridized carbons (Fsp3) is 0.680. The standard InChI is InChI=1S/C25H36FNO2/c1-25(2,26)20-15-13-18(14-16-20)17-27-24(29)12-6-11-23(28)22-10-5-8-19-7-3-4-9-21(19)22/h13-16,19,21-22H,3-12,17H2,1-2H3,(H,27,29). The molecule has 1 N–H and O–H groups in total. The van der Waals surface area contributed by atoms with Crippen LogP contribution in [0.25, 0.3) is 0 Å². The minimum atomic E-state index is -1.36. The van der Waals surface area contributed by atoms with Gasteiger partial charge in [0, 0.05) is 25.3 Å². The van der Waals surface area contributed by atoms with Gasteiger partial charge in [-0.25, -0.2) is 4.39 Å². The van der Waals surface area contributed by atoms with E-state index in [-0.39, 0.29) is 11.8 Å². The van der Waals surface area contributed by atoms with Crippen molar-refractivity contribution in [2.75, 3.05) is 0 Å². The van der Waals surface area contributed by atoms with Crippen molar-refractivity contribution in [3.05, 3.63) is 35.4 Å². The van der Waals surface area contributed by atoms with Gasteiger partial charge < -0.3 is 5.32 Å². The molecule has 0 heterocycles. The Morgan fingerprint density at radius 2 is 1.69 bits per heavy atom. The maximum absolute atomic E-state index is 13.9. The number of ketones is 1. The van der Waals surface area contributed by atoms with Crippen LogP contribution in [0, 0.1) is 17.8 Å². The van der Waals surface area contributed by atoms with Crippen LogP contribution in [0.4, 0.5) is 4.39 Å². The minimum Gasteiger partial charge on any atom is -0.352 e. The quantitative estimate of drug-likeness (QED) is 0.593. The highest BCUT2D eigenvalue weighted by Crippen LogP contribution is 2.44. The lowest BCUT2D eigenvalue weighted by atomic mass is 9.64. The summed E-state index contributed by atoms with van der Waals surface area (Å²) in [6.45, 7) is 3.51. The summed E-state index contributed by atoms with van der Waals surface area (Å²) < 4.78 is 13.9. The lowest BCUT2D eigenvalue weighted by Crippen LogP contribution is -2.35. The summed E-state index contributed by atoms with van der Waals surface area (Å²) >= 11 is 0. The summed E-state index contributed by atoms with van der Waals surface area (Å²) in [5.74, 6) is 1.99. The van der Waals surface area contributed by atoms with Crippen molar-refractivity contribution in [2.45, 2.75) is 90.3 Å². The van der Waals surface area contributed by atoms with Gasteiger partial charge in [-0.2, -0.15) is 0 Å². The van der Waals surface area contributed by atoms with Crippen LogP contribution in [0.3, 0.4) is 0 Å². The molecule has 2 aliphatic carbocycles. The molecule has 0 saturated heterocycles. The molecule has 3 unspecified atom stereocenters. The fourth-order valence-electron chi connectivity index (χ4n) is 5.25. The number of nitrogens with one attached hydrogen (secondary N) is 1. The summed E-state index contributed by atoms with van der Waals surface area (Å²) in [4.78, 5) is 24.9. The van der Waals surface area contributed by atoms with Crippen molar-refractivity contribution in [2.24, 2.45) is 17.8 Å². The number of fused-ring (bicyclic) bond motifs is 1. The first-order chi connectivity index (χ1) is 13.8. The topological polar surface area (TPSA) is 46.2 Å². The van der Waals surface area contributed by atoms with Crippen molar-refractivity contribution in [1.29, 1.82) is 0 Å². The Kier molecular flexibility index (Phi) is 7.48. The predicted molar refractivity (Wildman–Crippen MR) is 114 cm³/mol. The van der Waals surface area contributed by atoms with Gasteiger partial charge in [0.2, 0.25) is 5.91 Å². The Bertz CT molecular complexity index is 690. The van der Waals surface area contributed by atoms with Crippen molar-refractivity contribution in [3.63, 3.8) is 0 Å². The first-order valence-corrected chi connectivity index (χ1v) is 11.4. The maximum Gasteiger partial charge on any atom is 0.220 e. The molecule has 3 nitrogen and oxygen atoms in total. The van der Waals surface area contributed by atoms with Gasteiger partial charge in [-0.3, -0.25) is 9.59 Å². The van der Waals surface area contributed by atoms with Crippen LogP contribution in [0.2, 0.25) is 0 Å². The molecule has 0 aliphatic heterocycles. The number of hydrogen-bond acceptors (Lipinski definition) is 2. The number of halogens is 1. The third kappa shape index (κ3) is 6.13. The molecule has 1 aromatic carbocycles. The van der Waals surface area contributed by atoms with Crippen molar-refractivity contribution < 1.29 is 14.0 Å². The number of carbonyl (C=O) groups excluding carboxylic acids is 2. The van der Waals surface area contributed by atoms with Gasteiger partial charge in [-0.15, -0.1) is 0 Å². The first kappa shape index (κ1) is 22.0. The van der Waals surface area contributed by atoms with Crippen LogP contribution >= 0.6 is 0 Å². The van der Waals surface area contributed by atoms with Crippen LogP contribution in [0.1, 0.15) is 89.2 Å². The predicted octanol–water partition coefficient (Wildman–Crippen LogP) is 5.85. The molecule has 0 spiro atoms. The van der Waals surface area contributed by atoms with Gasteiger partial charge in [0.1, 0.15) is 11.5 Å². The second-order valence-corrected chi connectivity index (χ2v) is 9.51. The molecule has 1 aromatic rings. The number of carbonyl (C=O) groups is 2. The SMILES string of the molecule is CC(C)(F)c1ccc(CNC(=O)CCCC(=O)C2CCCC3CCCCC32)cc1. The normalized spacial score (nSPS) is 24.6. The summed E-state index contributed by atoms with van der Waals surface area (Å²) in [6.07, 6.45) is 10.2. The Balaban J connectivity index is 1.38. The van der Waals surface area contributed by atoms with Crippen LogP contribution in [0.5, 0.6) is 0 Å². The van der Waals surface area contributed by atoms with E-state index in [1.165, 1.54) is 52.4 Å². The van der Waals surface area contributed by atoms with Gasteiger partial charge >= 0.3 is 0 Å². The van der Waals surface area contributed by atoms with Gasteiger partial charge in [0.25, 0.3) is 0 Å². The molecule has 3 rings (SSSR count). The van der Waals surface area contributed by atoms with Gasteiger partial charge in [0.15, 0.2) is 0 Å². The van der Waals surface area contributed by atoms with E-state index >= 15 is 0 Å². The highest BCUT2D eigenvalue weighted by Gasteiger charge is 2.37.